The summed E-state index contributed by atoms with van der Waals surface area (Å²) < 4.78 is 31.9. The highest BCUT2D eigenvalue weighted by atomic mass is 16.5. The summed E-state index contributed by atoms with van der Waals surface area (Å²) in [4.78, 5) is 45.4. The van der Waals surface area contributed by atoms with Gasteiger partial charge in [-0.25, -0.2) is 0 Å². The average molecular weight is 834 g/mol. The molecule has 0 fully saturated rings. The molecule has 1 aliphatic rings. The van der Waals surface area contributed by atoms with Crippen LogP contribution in [0.4, 0.5) is 0 Å². The lowest BCUT2D eigenvalue weighted by atomic mass is 10.1. The van der Waals surface area contributed by atoms with Crippen molar-refractivity contribution in [3.63, 3.8) is 0 Å². The van der Waals surface area contributed by atoms with Crippen LogP contribution >= 0.6 is 0 Å². The molecule has 0 unspecified atom stereocenters. The maximum Gasteiger partial charge on any atom is 0.298 e. The van der Waals surface area contributed by atoms with Crippen LogP contribution in [0.5, 0.6) is 17.2 Å². The second-order valence-corrected chi connectivity index (χ2v) is 12.7. The standard InChI is InChI=1S/C43H47N9O9/c1-7-50(41(47)59-35(44)26-12-18-32(56-4)19-13-26)38(53)29-10-11-30(39(54)51(8-2)42(48)60-36(45)27-14-20-33(57-5)21-15-27)25-31(24-29)40(55)52(9-3)43(49)61-37(46)28-16-22-34(58-6)23-17-28/h10,12-25,44-49H,7-9,11H2,1-6H3. The van der Waals surface area contributed by atoms with Gasteiger partial charge in [-0.1, -0.05) is 6.08 Å². The van der Waals surface area contributed by atoms with Crippen molar-refractivity contribution >= 4 is 53.5 Å². The van der Waals surface area contributed by atoms with E-state index in [1.54, 1.807) is 93.6 Å². The van der Waals surface area contributed by atoms with Gasteiger partial charge in [0.15, 0.2) is 0 Å². The Hall–Kier alpha value is -7.89. The molecule has 0 saturated heterocycles. The topological polar surface area (TPSA) is 259 Å². The number of carbonyl (C=O) groups is 3. The number of benzene rings is 3. The summed E-state index contributed by atoms with van der Waals surface area (Å²) >= 11 is 0. The highest BCUT2D eigenvalue weighted by Gasteiger charge is 2.31. The van der Waals surface area contributed by atoms with Crippen molar-refractivity contribution in [2.24, 2.45) is 0 Å². The van der Waals surface area contributed by atoms with Crippen LogP contribution in [-0.4, -0.2) is 109 Å². The Labute approximate surface area is 352 Å². The van der Waals surface area contributed by atoms with E-state index in [2.05, 4.69) is 0 Å². The van der Waals surface area contributed by atoms with Gasteiger partial charge in [0.05, 0.1) is 21.3 Å². The van der Waals surface area contributed by atoms with Crippen LogP contribution < -0.4 is 14.2 Å². The van der Waals surface area contributed by atoms with Crippen molar-refractivity contribution in [2.45, 2.75) is 27.2 Å². The summed E-state index contributed by atoms with van der Waals surface area (Å²) in [5.41, 5.74) is 0.442. The van der Waals surface area contributed by atoms with Crippen molar-refractivity contribution in [1.29, 1.82) is 32.5 Å². The van der Waals surface area contributed by atoms with E-state index in [9.17, 15) is 14.4 Å². The first-order valence-electron chi connectivity index (χ1n) is 18.8. The lowest BCUT2D eigenvalue weighted by Crippen LogP contribution is -2.41. The zero-order valence-electron chi connectivity index (χ0n) is 34.5. The van der Waals surface area contributed by atoms with Gasteiger partial charge in [0.25, 0.3) is 35.8 Å². The fourth-order valence-electron chi connectivity index (χ4n) is 5.64. The lowest BCUT2D eigenvalue weighted by Gasteiger charge is -2.23. The Morgan fingerprint density at radius 3 is 1.10 bits per heavy atom. The van der Waals surface area contributed by atoms with E-state index in [0.717, 1.165) is 14.7 Å². The number of methoxy groups -OCH3 is 3. The summed E-state index contributed by atoms with van der Waals surface area (Å²) in [6, 6.07) is 16.8. The fraction of sp³-hybridized carbons (Fsp3) is 0.233. The summed E-state index contributed by atoms with van der Waals surface area (Å²) in [5, 5.41) is 51.1. The van der Waals surface area contributed by atoms with E-state index in [1.165, 1.54) is 39.6 Å². The normalized spacial score (nSPS) is 11.8. The summed E-state index contributed by atoms with van der Waals surface area (Å²) in [6.45, 7) is 4.42. The molecular formula is C43H47N9O9. The SMILES string of the molecule is CCN(C(=N)OC(=N)c1ccc(OC)cc1)C(=O)C1=CCC(C(=O)N(CC)C(=N)OC(=N)c2ccc(OC)cc2)=CC(C(=O)N(CC)C(=N)OC(=N)c2ccc(OC)cc2)=C1. The third-order valence-electron chi connectivity index (χ3n) is 9.02. The quantitative estimate of drug-likeness (QED) is 0.0969. The molecule has 0 saturated carbocycles. The lowest BCUT2D eigenvalue weighted by molar-refractivity contribution is -0.124. The minimum atomic E-state index is -0.882. The Kier molecular flexibility index (Phi) is 15.9. The summed E-state index contributed by atoms with van der Waals surface area (Å²) in [5.74, 6) is -2.14. The van der Waals surface area contributed by atoms with Crippen LogP contribution in [0.2, 0.25) is 0 Å². The van der Waals surface area contributed by atoms with E-state index in [4.69, 9.17) is 60.9 Å². The van der Waals surface area contributed by atoms with Crippen molar-refractivity contribution < 1.29 is 42.8 Å². The minimum absolute atomic E-state index is 0.0706. The largest absolute Gasteiger partial charge is 0.497 e. The molecule has 18 nitrogen and oxygen atoms in total. The summed E-state index contributed by atoms with van der Waals surface area (Å²) in [6.07, 6.45) is 3.53. The molecule has 0 spiro atoms. The molecule has 4 rings (SSSR count). The molecule has 3 aromatic carbocycles. The molecule has 318 valence electrons. The van der Waals surface area contributed by atoms with Crippen LogP contribution in [0.25, 0.3) is 0 Å². The first kappa shape index (κ1) is 45.8. The van der Waals surface area contributed by atoms with Crippen molar-refractivity contribution in [3.05, 3.63) is 124 Å². The van der Waals surface area contributed by atoms with Gasteiger partial charge in [-0.3, -0.25) is 61.5 Å². The maximum atomic E-state index is 14.3. The molecular weight excluding hydrogens is 787 g/mol. The molecule has 6 N–H and O–H groups in total. The van der Waals surface area contributed by atoms with E-state index in [-0.39, 0.29) is 42.8 Å². The smallest absolute Gasteiger partial charge is 0.298 e. The van der Waals surface area contributed by atoms with Crippen LogP contribution in [0.15, 0.2) is 108 Å². The predicted molar refractivity (Wildman–Crippen MR) is 227 cm³/mol. The molecule has 0 aromatic heterocycles. The predicted octanol–water partition coefficient (Wildman–Crippen LogP) is 5.67. The van der Waals surface area contributed by atoms with E-state index >= 15 is 0 Å². The number of carbonyl (C=O) groups excluding carboxylic acids is 3. The molecule has 18 heteroatoms. The molecule has 0 radical (unpaired) electrons. The van der Waals surface area contributed by atoms with Crippen molar-refractivity contribution in [2.75, 3.05) is 41.0 Å². The van der Waals surface area contributed by atoms with Crippen molar-refractivity contribution in [1.82, 2.24) is 14.7 Å². The van der Waals surface area contributed by atoms with Gasteiger partial charge < -0.3 is 28.4 Å². The Morgan fingerprint density at radius 1 is 0.475 bits per heavy atom. The molecule has 3 amide bonds. The van der Waals surface area contributed by atoms with Crippen LogP contribution in [0.1, 0.15) is 43.9 Å². The van der Waals surface area contributed by atoms with E-state index in [0.29, 0.717) is 33.9 Å². The minimum Gasteiger partial charge on any atom is -0.497 e. The Morgan fingerprint density at radius 2 is 0.787 bits per heavy atom. The van der Waals surface area contributed by atoms with Gasteiger partial charge in [-0.05, 0) is 112 Å². The van der Waals surface area contributed by atoms with Gasteiger partial charge in [-0.2, -0.15) is 0 Å². The first-order chi connectivity index (χ1) is 29.2. The molecule has 0 aliphatic heterocycles. The van der Waals surface area contributed by atoms with Gasteiger partial charge in [0.2, 0.25) is 17.7 Å². The fourth-order valence-corrected chi connectivity index (χ4v) is 5.64. The molecule has 0 heterocycles. The number of hydrogen-bond donors (Lipinski definition) is 6. The van der Waals surface area contributed by atoms with E-state index in [1.807, 2.05) is 0 Å². The number of nitrogens with one attached hydrogen (secondary N) is 6. The average Bonchev–Trinajstić information content (AvgIpc) is 3.51. The molecule has 3 aromatic rings. The number of nitrogens with zero attached hydrogens (tertiary/aromatic N) is 3. The van der Waals surface area contributed by atoms with Gasteiger partial charge in [0.1, 0.15) is 17.2 Å². The molecule has 0 atom stereocenters. The number of amides is 3. The van der Waals surface area contributed by atoms with Gasteiger partial charge >= 0.3 is 0 Å². The van der Waals surface area contributed by atoms with Crippen LogP contribution in [-0.2, 0) is 28.6 Å². The number of rotatable bonds is 12. The third-order valence-corrected chi connectivity index (χ3v) is 9.02. The van der Waals surface area contributed by atoms with Gasteiger partial charge in [-0.15, -0.1) is 0 Å². The number of allylic oxidation sites excluding steroid dienone is 1. The second-order valence-electron chi connectivity index (χ2n) is 12.7. The van der Waals surface area contributed by atoms with Crippen LogP contribution in [0, 0.1) is 32.5 Å². The number of ether oxygens (including phenoxy) is 6. The first-order valence-corrected chi connectivity index (χ1v) is 18.8. The number of hydrogen-bond acceptors (Lipinski definition) is 15. The van der Waals surface area contributed by atoms with Crippen molar-refractivity contribution in [3.8, 4) is 17.2 Å². The zero-order chi connectivity index (χ0) is 44.8. The van der Waals surface area contributed by atoms with Crippen LogP contribution in [0.3, 0.4) is 0 Å². The number of amidine groups is 3. The third kappa shape index (κ3) is 11.4. The monoisotopic (exact) mass is 833 g/mol. The Bertz CT molecular complexity index is 2300. The number of likely N-dealkylation sites (N-methyl/N-ethyl adjacent to an activating group) is 3. The molecule has 1 aliphatic carbocycles. The van der Waals surface area contributed by atoms with Gasteiger partial charge in [0, 0.05) is 53.0 Å². The summed E-state index contributed by atoms with van der Waals surface area (Å²) in [7, 11) is 4.47. The highest BCUT2D eigenvalue weighted by Crippen LogP contribution is 2.24. The highest BCUT2D eigenvalue weighted by molar-refractivity contribution is 6.14. The second kappa shape index (κ2) is 21.2. The Balaban J connectivity index is 1.66. The molecule has 0 bridgehead atoms. The molecule has 61 heavy (non-hydrogen) atoms. The van der Waals surface area contributed by atoms with E-state index < -0.39 is 53.5 Å². The zero-order valence-corrected chi connectivity index (χ0v) is 34.5. The maximum absolute atomic E-state index is 14.3.